The van der Waals surface area contributed by atoms with Gasteiger partial charge in [-0.3, -0.25) is 9.78 Å². The predicted octanol–water partition coefficient (Wildman–Crippen LogP) is -0.0965. The van der Waals surface area contributed by atoms with Crippen molar-refractivity contribution in [2.45, 2.75) is 12.5 Å². The summed E-state index contributed by atoms with van der Waals surface area (Å²) in [5.41, 5.74) is 7.40. The maximum Gasteiger partial charge on any atom is 0.241 e. The van der Waals surface area contributed by atoms with Gasteiger partial charge in [-0.15, -0.1) is 0 Å². The molecule has 1 aliphatic rings. The van der Waals surface area contributed by atoms with Gasteiger partial charge in [0.25, 0.3) is 0 Å². The second-order valence-corrected chi connectivity index (χ2v) is 2.83. The number of nitrogens with zero attached hydrogens (tertiary/aromatic N) is 1. The Labute approximate surface area is 69.8 Å². The zero-order valence-electron chi connectivity index (χ0n) is 6.45. The van der Waals surface area contributed by atoms with E-state index in [2.05, 4.69) is 10.3 Å². The van der Waals surface area contributed by atoms with Gasteiger partial charge >= 0.3 is 0 Å². The van der Waals surface area contributed by atoms with Gasteiger partial charge in [0.1, 0.15) is 0 Å². The number of anilines is 1. The van der Waals surface area contributed by atoms with Crippen LogP contribution in [0.1, 0.15) is 5.56 Å². The number of amides is 1. The summed E-state index contributed by atoms with van der Waals surface area (Å²) < 4.78 is 0. The minimum atomic E-state index is -0.417. The Kier molecular flexibility index (Phi) is 1.55. The molecule has 0 saturated carbocycles. The highest BCUT2D eigenvalue weighted by molar-refractivity contribution is 5.97. The molecule has 1 aromatic rings. The normalized spacial score (nSPS) is 21.4. The van der Waals surface area contributed by atoms with E-state index in [4.69, 9.17) is 5.73 Å². The Bertz CT molecular complexity index is 324. The summed E-state index contributed by atoms with van der Waals surface area (Å²) in [6.07, 6.45) is 3.94. The molecule has 2 heterocycles. The second-order valence-electron chi connectivity index (χ2n) is 2.83. The SMILES string of the molecule is NC1Cc2ccncc2NC1=O. The standard InChI is InChI=1S/C8H9N3O/c9-6-3-5-1-2-10-4-7(5)11-8(6)12/h1-2,4,6H,3,9H2,(H,11,12). The molecular weight excluding hydrogens is 154 g/mol. The van der Waals surface area contributed by atoms with Crippen LogP contribution in [0.5, 0.6) is 0 Å². The molecule has 0 bridgehead atoms. The number of carbonyl (C=O) groups excluding carboxylic acids is 1. The fourth-order valence-corrected chi connectivity index (χ4v) is 1.27. The summed E-state index contributed by atoms with van der Waals surface area (Å²) in [5.74, 6) is -0.129. The van der Waals surface area contributed by atoms with Crippen LogP contribution in [0.3, 0.4) is 0 Å². The Morgan fingerprint density at radius 2 is 2.50 bits per heavy atom. The average molecular weight is 163 g/mol. The van der Waals surface area contributed by atoms with Crippen LogP contribution in [0.4, 0.5) is 5.69 Å². The van der Waals surface area contributed by atoms with Gasteiger partial charge in [0.2, 0.25) is 5.91 Å². The first-order chi connectivity index (χ1) is 5.77. The van der Waals surface area contributed by atoms with Crippen molar-refractivity contribution in [2.24, 2.45) is 5.73 Å². The lowest BCUT2D eigenvalue weighted by molar-refractivity contribution is -0.117. The van der Waals surface area contributed by atoms with E-state index in [1.165, 1.54) is 0 Å². The van der Waals surface area contributed by atoms with E-state index in [1.54, 1.807) is 12.4 Å². The largest absolute Gasteiger partial charge is 0.323 e. The number of carbonyl (C=O) groups is 1. The molecule has 2 rings (SSSR count). The lowest BCUT2D eigenvalue weighted by atomic mass is 10.0. The fraction of sp³-hybridized carbons (Fsp3) is 0.250. The molecule has 1 aromatic heterocycles. The van der Waals surface area contributed by atoms with Crippen molar-refractivity contribution < 1.29 is 4.79 Å². The smallest absolute Gasteiger partial charge is 0.241 e. The van der Waals surface area contributed by atoms with E-state index in [-0.39, 0.29) is 5.91 Å². The molecule has 3 N–H and O–H groups in total. The molecule has 0 fully saturated rings. The Hall–Kier alpha value is -1.42. The van der Waals surface area contributed by atoms with Crippen LogP contribution in [0.25, 0.3) is 0 Å². The van der Waals surface area contributed by atoms with Gasteiger partial charge in [0.15, 0.2) is 0 Å². The first-order valence-corrected chi connectivity index (χ1v) is 3.77. The summed E-state index contributed by atoms with van der Waals surface area (Å²) in [5, 5.41) is 2.68. The minimum Gasteiger partial charge on any atom is -0.323 e. The Morgan fingerprint density at radius 1 is 1.67 bits per heavy atom. The highest BCUT2D eigenvalue weighted by atomic mass is 16.2. The molecular formula is C8H9N3O. The average Bonchev–Trinajstić information content (AvgIpc) is 2.07. The Balaban J connectivity index is 2.40. The molecule has 1 atom stereocenters. The van der Waals surface area contributed by atoms with Crippen molar-refractivity contribution in [3.63, 3.8) is 0 Å². The van der Waals surface area contributed by atoms with Crippen molar-refractivity contribution in [1.82, 2.24) is 4.98 Å². The molecule has 0 radical (unpaired) electrons. The monoisotopic (exact) mass is 163 g/mol. The highest BCUT2D eigenvalue weighted by Gasteiger charge is 2.21. The topological polar surface area (TPSA) is 68.0 Å². The van der Waals surface area contributed by atoms with E-state index in [1.807, 2.05) is 6.07 Å². The molecule has 0 spiro atoms. The molecule has 0 aliphatic carbocycles. The quantitative estimate of drug-likeness (QED) is 0.561. The maximum atomic E-state index is 11.1. The van der Waals surface area contributed by atoms with Crippen LogP contribution in [-0.4, -0.2) is 16.9 Å². The van der Waals surface area contributed by atoms with Crippen molar-refractivity contribution in [3.8, 4) is 0 Å². The zero-order chi connectivity index (χ0) is 8.55. The lowest BCUT2D eigenvalue weighted by Crippen LogP contribution is -2.41. The van der Waals surface area contributed by atoms with Gasteiger partial charge in [0.05, 0.1) is 17.9 Å². The van der Waals surface area contributed by atoms with E-state index >= 15 is 0 Å². The van der Waals surface area contributed by atoms with Gasteiger partial charge < -0.3 is 11.1 Å². The maximum absolute atomic E-state index is 11.1. The summed E-state index contributed by atoms with van der Waals surface area (Å²) in [7, 11) is 0. The fourth-order valence-electron chi connectivity index (χ4n) is 1.27. The number of pyridine rings is 1. The van der Waals surface area contributed by atoms with E-state index < -0.39 is 6.04 Å². The van der Waals surface area contributed by atoms with E-state index in [0.717, 1.165) is 11.3 Å². The van der Waals surface area contributed by atoms with Gasteiger partial charge in [-0.2, -0.15) is 0 Å². The summed E-state index contributed by atoms with van der Waals surface area (Å²) in [6.45, 7) is 0. The molecule has 4 heteroatoms. The number of hydrogen-bond donors (Lipinski definition) is 2. The van der Waals surface area contributed by atoms with Crippen LogP contribution in [0, 0.1) is 0 Å². The molecule has 62 valence electrons. The van der Waals surface area contributed by atoms with Crippen molar-refractivity contribution in [1.29, 1.82) is 0 Å². The van der Waals surface area contributed by atoms with Crippen molar-refractivity contribution in [3.05, 3.63) is 24.0 Å². The van der Waals surface area contributed by atoms with Crippen molar-refractivity contribution in [2.75, 3.05) is 5.32 Å². The second kappa shape index (κ2) is 2.57. The summed E-state index contributed by atoms with van der Waals surface area (Å²) >= 11 is 0. The van der Waals surface area contributed by atoms with Crippen LogP contribution >= 0.6 is 0 Å². The molecule has 12 heavy (non-hydrogen) atoms. The van der Waals surface area contributed by atoms with Gasteiger partial charge in [-0.25, -0.2) is 0 Å². The number of fused-ring (bicyclic) bond motifs is 1. The van der Waals surface area contributed by atoms with E-state index in [9.17, 15) is 4.79 Å². The third-order valence-electron chi connectivity index (χ3n) is 1.95. The minimum absolute atomic E-state index is 0.129. The van der Waals surface area contributed by atoms with Crippen LogP contribution in [-0.2, 0) is 11.2 Å². The van der Waals surface area contributed by atoms with Crippen LogP contribution < -0.4 is 11.1 Å². The van der Waals surface area contributed by atoms with Gasteiger partial charge in [0, 0.05) is 6.20 Å². The summed E-state index contributed by atoms with van der Waals surface area (Å²) in [6, 6.07) is 1.45. The third kappa shape index (κ3) is 1.06. The molecule has 0 aromatic carbocycles. The number of hydrogen-bond acceptors (Lipinski definition) is 3. The first kappa shape index (κ1) is 7.24. The van der Waals surface area contributed by atoms with Crippen molar-refractivity contribution >= 4 is 11.6 Å². The zero-order valence-corrected chi connectivity index (χ0v) is 6.45. The first-order valence-electron chi connectivity index (χ1n) is 3.77. The number of aromatic nitrogens is 1. The van der Waals surface area contributed by atoms with Gasteiger partial charge in [-0.1, -0.05) is 0 Å². The molecule has 1 aliphatic heterocycles. The lowest BCUT2D eigenvalue weighted by Gasteiger charge is -2.20. The number of rotatable bonds is 0. The molecule has 1 unspecified atom stereocenters. The van der Waals surface area contributed by atoms with E-state index in [0.29, 0.717) is 6.42 Å². The molecule has 4 nitrogen and oxygen atoms in total. The Morgan fingerprint density at radius 3 is 3.33 bits per heavy atom. The third-order valence-corrected chi connectivity index (χ3v) is 1.95. The van der Waals surface area contributed by atoms with Gasteiger partial charge in [-0.05, 0) is 18.1 Å². The predicted molar refractivity (Wildman–Crippen MR) is 44.5 cm³/mol. The number of nitrogens with one attached hydrogen (secondary N) is 1. The summed E-state index contributed by atoms with van der Waals surface area (Å²) in [4.78, 5) is 15.0. The van der Waals surface area contributed by atoms with Crippen LogP contribution in [0.2, 0.25) is 0 Å². The van der Waals surface area contributed by atoms with Crippen LogP contribution in [0.15, 0.2) is 18.5 Å². The number of nitrogens with two attached hydrogens (primary N) is 1. The molecule has 1 amide bonds. The highest BCUT2D eigenvalue weighted by Crippen LogP contribution is 2.19. The molecule has 0 saturated heterocycles.